The highest BCUT2D eigenvalue weighted by Crippen LogP contribution is 2.32. The van der Waals surface area contributed by atoms with Crippen LogP contribution in [0.3, 0.4) is 0 Å². The summed E-state index contributed by atoms with van der Waals surface area (Å²) >= 11 is 6.35. The van der Waals surface area contributed by atoms with Crippen LogP contribution < -0.4 is 15.8 Å². The first-order chi connectivity index (χ1) is 10.2. The summed E-state index contributed by atoms with van der Waals surface area (Å²) in [6.07, 6.45) is 7.40. The van der Waals surface area contributed by atoms with Crippen molar-refractivity contribution in [2.24, 2.45) is 0 Å². The van der Waals surface area contributed by atoms with Crippen LogP contribution in [0.5, 0.6) is 0 Å². The number of anilines is 1. The molecule has 0 radical (unpaired) electrons. The molecule has 0 saturated carbocycles. The first kappa shape index (κ1) is 14.9. The Balaban J connectivity index is 1.88. The molecule has 5 nitrogen and oxygen atoms in total. The molecular formula is C15H23ClN4O. The summed E-state index contributed by atoms with van der Waals surface area (Å²) < 4.78 is 1.46. The lowest BCUT2D eigenvalue weighted by Gasteiger charge is -2.31. The van der Waals surface area contributed by atoms with Gasteiger partial charge in [0.05, 0.1) is 11.9 Å². The zero-order valence-corrected chi connectivity index (χ0v) is 13.3. The smallest absolute Gasteiger partial charge is 0.287 e. The SMILES string of the molecule is CCCn1ncc(N2CCCC2C2CCCN2)c(Cl)c1=O. The van der Waals surface area contributed by atoms with Gasteiger partial charge >= 0.3 is 0 Å². The Labute approximate surface area is 130 Å². The molecule has 6 heteroatoms. The molecule has 1 N–H and O–H groups in total. The second kappa shape index (κ2) is 6.36. The Morgan fingerprint density at radius 3 is 3.00 bits per heavy atom. The van der Waals surface area contributed by atoms with Crippen LogP contribution in [0.25, 0.3) is 0 Å². The third-order valence-electron chi connectivity index (χ3n) is 4.57. The zero-order valence-electron chi connectivity index (χ0n) is 12.5. The van der Waals surface area contributed by atoms with Gasteiger partial charge in [-0.05, 0) is 38.6 Å². The van der Waals surface area contributed by atoms with Gasteiger partial charge in [-0.1, -0.05) is 18.5 Å². The molecule has 2 unspecified atom stereocenters. The maximum absolute atomic E-state index is 12.3. The largest absolute Gasteiger partial charge is 0.364 e. The van der Waals surface area contributed by atoms with Gasteiger partial charge in [0.1, 0.15) is 5.02 Å². The number of aryl methyl sites for hydroxylation is 1. The maximum atomic E-state index is 12.3. The molecule has 0 aromatic carbocycles. The van der Waals surface area contributed by atoms with Crippen LogP contribution in [-0.4, -0.2) is 35.0 Å². The minimum Gasteiger partial charge on any atom is -0.364 e. The molecule has 0 aliphatic carbocycles. The second-order valence-electron chi connectivity index (χ2n) is 5.98. The van der Waals surface area contributed by atoms with E-state index in [9.17, 15) is 4.79 Å². The van der Waals surface area contributed by atoms with Crippen molar-refractivity contribution in [3.05, 3.63) is 21.6 Å². The summed E-state index contributed by atoms with van der Waals surface area (Å²) in [5.74, 6) is 0. The van der Waals surface area contributed by atoms with Crippen molar-refractivity contribution in [2.45, 2.75) is 57.7 Å². The third-order valence-corrected chi connectivity index (χ3v) is 4.93. The molecule has 0 spiro atoms. The molecule has 21 heavy (non-hydrogen) atoms. The number of nitrogens with zero attached hydrogens (tertiary/aromatic N) is 3. The molecular weight excluding hydrogens is 288 g/mol. The van der Waals surface area contributed by atoms with Crippen LogP contribution in [-0.2, 0) is 6.54 Å². The Bertz CT molecular complexity index is 553. The van der Waals surface area contributed by atoms with Gasteiger partial charge in [-0.3, -0.25) is 4.79 Å². The predicted molar refractivity (Wildman–Crippen MR) is 85.2 cm³/mol. The van der Waals surface area contributed by atoms with E-state index in [0.717, 1.165) is 38.0 Å². The van der Waals surface area contributed by atoms with Crippen molar-refractivity contribution in [3.8, 4) is 0 Å². The molecule has 0 amide bonds. The minimum absolute atomic E-state index is 0.166. The molecule has 1 aromatic rings. The monoisotopic (exact) mass is 310 g/mol. The van der Waals surface area contributed by atoms with Crippen molar-refractivity contribution >= 4 is 17.3 Å². The average Bonchev–Trinajstić information content (AvgIpc) is 3.14. The topological polar surface area (TPSA) is 50.2 Å². The van der Waals surface area contributed by atoms with Gasteiger partial charge in [-0.15, -0.1) is 0 Å². The molecule has 3 rings (SSSR count). The standard InChI is InChI=1S/C15H23ClN4O/c1-2-8-20-15(21)14(16)13(10-18-20)19-9-4-6-12(19)11-5-3-7-17-11/h10-12,17H,2-9H2,1H3. The van der Waals surface area contributed by atoms with Gasteiger partial charge in [-0.2, -0.15) is 5.10 Å². The van der Waals surface area contributed by atoms with Crippen LogP contribution in [0.4, 0.5) is 5.69 Å². The van der Waals surface area contributed by atoms with E-state index < -0.39 is 0 Å². The Kier molecular flexibility index (Phi) is 4.50. The summed E-state index contributed by atoms with van der Waals surface area (Å²) in [5.41, 5.74) is 0.645. The number of aromatic nitrogens is 2. The quantitative estimate of drug-likeness (QED) is 0.924. The summed E-state index contributed by atoms with van der Waals surface area (Å²) in [7, 11) is 0. The predicted octanol–water partition coefficient (Wildman–Crippen LogP) is 2.03. The van der Waals surface area contributed by atoms with Crippen molar-refractivity contribution < 1.29 is 0 Å². The number of hydrogen-bond donors (Lipinski definition) is 1. The zero-order chi connectivity index (χ0) is 14.8. The third kappa shape index (κ3) is 2.81. The highest BCUT2D eigenvalue weighted by atomic mass is 35.5. The molecule has 2 fully saturated rings. The van der Waals surface area contributed by atoms with Crippen LogP contribution in [0, 0.1) is 0 Å². The summed E-state index contributed by atoms with van der Waals surface area (Å²) in [4.78, 5) is 14.6. The van der Waals surface area contributed by atoms with Gasteiger partial charge in [0.25, 0.3) is 5.56 Å². The molecule has 3 heterocycles. The van der Waals surface area contributed by atoms with Gasteiger partial charge in [-0.25, -0.2) is 4.68 Å². The minimum atomic E-state index is -0.166. The Hall–Kier alpha value is -1.07. The number of rotatable bonds is 4. The van der Waals surface area contributed by atoms with Crippen LogP contribution in [0.15, 0.2) is 11.0 Å². The van der Waals surface area contributed by atoms with E-state index in [1.54, 1.807) is 6.20 Å². The number of halogens is 1. The lowest BCUT2D eigenvalue weighted by Crippen LogP contribution is -2.44. The van der Waals surface area contributed by atoms with Crippen molar-refractivity contribution in [1.29, 1.82) is 0 Å². The van der Waals surface area contributed by atoms with Gasteiger partial charge in [0.2, 0.25) is 0 Å². The van der Waals surface area contributed by atoms with E-state index in [-0.39, 0.29) is 5.56 Å². The molecule has 2 saturated heterocycles. The highest BCUT2D eigenvalue weighted by molar-refractivity contribution is 6.33. The Morgan fingerprint density at radius 2 is 2.29 bits per heavy atom. The molecule has 116 valence electrons. The highest BCUT2D eigenvalue weighted by Gasteiger charge is 2.34. The van der Waals surface area contributed by atoms with Crippen molar-refractivity contribution in [3.63, 3.8) is 0 Å². The first-order valence-corrected chi connectivity index (χ1v) is 8.35. The lowest BCUT2D eigenvalue weighted by molar-refractivity contribution is 0.481. The molecule has 0 bridgehead atoms. The lowest BCUT2D eigenvalue weighted by atomic mass is 10.0. The summed E-state index contributed by atoms with van der Waals surface area (Å²) in [6.45, 7) is 4.70. The van der Waals surface area contributed by atoms with E-state index >= 15 is 0 Å². The Morgan fingerprint density at radius 1 is 1.43 bits per heavy atom. The van der Waals surface area contributed by atoms with Crippen LogP contribution in [0.1, 0.15) is 39.0 Å². The van der Waals surface area contributed by atoms with E-state index in [1.807, 2.05) is 6.92 Å². The van der Waals surface area contributed by atoms with Crippen LogP contribution >= 0.6 is 11.6 Å². The summed E-state index contributed by atoms with van der Waals surface area (Å²) in [6, 6.07) is 0.954. The average molecular weight is 311 g/mol. The first-order valence-electron chi connectivity index (χ1n) is 7.98. The van der Waals surface area contributed by atoms with Crippen molar-refractivity contribution in [1.82, 2.24) is 15.1 Å². The molecule has 2 atom stereocenters. The molecule has 1 aromatic heterocycles. The number of nitrogens with one attached hydrogen (secondary N) is 1. The van der Waals surface area contributed by atoms with Gasteiger partial charge in [0, 0.05) is 25.2 Å². The fourth-order valence-corrected chi connectivity index (χ4v) is 3.83. The summed E-state index contributed by atoms with van der Waals surface area (Å²) in [5, 5.41) is 8.19. The van der Waals surface area contributed by atoms with E-state index in [2.05, 4.69) is 15.3 Å². The van der Waals surface area contributed by atoms with Crippen molar-refractivity contribution in [2.75, 3.05) is 18.0 Å². The fourth-order valence-electron chi connectivity index (χ4n) is 3.58. The van der Waals surface area contributed by atoms with Gasteiger partial charge < -0.3 is 10.2 Å². The second-order valence-corrected chi connectivity index (χ2v) is 6.36. The van der Waals surface area contributed by atoms with E-state index in [1.165, 1.54) is 17.5 Å². The van der Waals surface area contributed by atoms with Crippen LogP contribution in [0.2, 0.25) is 5.02 Å². The molecule has 2 aliphatic rings. The maximum Gasteiger partial charge on any atom is 0.287 e. The fraction of sp³-hybridized carbons (Fsp3) is 0.733. The van der Waals surface area contributed by atoms with Gasteiger partial charge in [0.15, 0.2) is 0 Å². The normalized spacial score (nSPS) is 25.7. The van der Waals surface area contributed by atoms with E-state index in [4.69, 9.17) is 11.6 Å². The van der Waals surface area contributed by atoms with E-state index in [0.29, 0.717) is 23.7 Å². The number of hydrogen-bond acceptors (Lipinski definition) is 4. The molecule has 2 aliphatic heterocycles.